The molecule has 24 nitrogen and oxygen atoms in total. The van der Waals surface area contributed by atoms with Crippen molar-refractivity contribution in [1.29, 1.82) is 0 Å². The van der Waals surface area contributed by atoms with E-state index in [0.29, 0.717) is 80.3 Å². The monoisotopic (exact) mass is 1840 g/mol. The maximum Gasteiger partial charge on any atom is 1.00 e. The molecule has 1 radical (unpaired) electrons. The minimum atomic E-state index is -1.10. The van der Waals surface area contributed by atoms with Gasteiger partial charge in [0.25, 0.3) is 18.3 Å². The predicted octanol–water partition coefficient (Wildman–Crippen LogP) is 11.0. The second kappa shape index (κ2) is 53.3. The van der Waals surface area contributed by atoms with Crippen LogP contribution in [0.25, 0.3) is 47.6 Å². The number of rotatable bonds is 6. The minimum Gasteiger partial charge on any atom is -1.00 e. The van der Waals surface area contributed by atoms with E-state index in [1.165, 1.54) is 0 Å². The summed E-state index contributed by atoms with van der Waals surface area (Å²) in [6.07, 6.45) is 15.4. The molecule has 0 aliphatic carbocycles. The van der Waals surface area contributed by atoms with Gasteiger partial charge in [0, 0.05) is 90.2 Å². The molecule has 2 aliphatic rings. The summed E-state index contributed by atoms with van der Waals surface area (Å²) in [6.45, 7) is 48.5. The maximum absolute atomic E-state index is 12.8. The number of hydrogen-bond acceptors (Lipinski definition) is 15. The zero-order valence-corrected chi connectivity index (χ0v) is 78.7. The van der Waals surface area contributed by atoms with Gasteiger partial charge in [0.05, 0.1) is 50.6 Å². The third kappa shape index (κ3) is 32.8. The first kappa shape index (κ1) is 105. The number of aromatic nitrogens is 9. The van der Waals surface area contributed by atoms with Crippen LogP contribution in [0, 0.1) is 102 Å². The molecular weight excluding hydrogens is 1750 g/mol. The van der Waals surface area contributed by atoms with Gasteiger partial charge in [-0.25, -0.2) is 47.9 Å². The Hall–Kier alpha value is -9.48. The smallest absolute Gasteiger partial charge is 1.00 e. The van der Waals surface area contributed by atoms with E-state index in [4.69, 9.17) is 87.2 Å². The standard InChI is InChI=1S/C28H24N6O.C16H9ClN4.C12H16BN2O3.C10H7N.C8H6BrN.C6H3BrClN3.C5H10Si.CH2O3.2CH4.2K.H/c1-20-4-10-24(29-2)18-23(20)9-11-25-19-30-27-13-12-26(31-34(25)27)21-5-7-22(8-6-21)28(35)33-16-14-32(3)15-17-33;1-11-3-5-13(18-2)9-12(11)4-6-14-10-19-16-8-7-15(17)20-21(14)16;1-14-6-8-15(9-7-14)12(16)10-2-4-11(5-3-10)18-13-17;1-4-9-7-10(11-3)6-5-8(9)2;1-6-3-4-7(10-2)5-8(6)9;7-4-3-9-6-2-1-5(8)10-11(4)6;1-5-6(2,3)4;2-1-4-3;;;;;/h4-8,10,12-13,18-19H,14-17H2,1,3H3;3,5,7-10H,1H3;2-5,17H,6-9H2,1H3;1,5-7H,2H3;3-5H,1H3;1-3H;1H,2-4H3;1,3H;2*1H4;;;/q;;;;;;;;;;2*+1;-1/p-1. The van der Waals surface area contributed by atoms with Crippen molar-refractivity contribution in [1.82, 2.24) is 63.4 Å². The van der Waals surface area contributed by atoms with Gasteiger partial charge in [-0.15, -0.1) is 18.4 Å². The molecule has 2 fully saturated rings. The van der Waals surface area contributed by atoms with Crippen LogP contribution in [0.4, 0.5) is 22.7 Å². The zero-order chi connectivity index (χ0) is 84.4. The van der Waals surface area contributed by atoms with Gasteiger partial charge in [0.1, 0.15) is 40.1 Å². The summed E-state index contributed by atoms with van der Waals surface area (Å²) in [7, 11) is 3.65. The average Bonchev–Trinajstić information content (AvgIpc) is 1.68. The summed E-state index contributed by atoms with van der Waals surface area (Å²) >= 11 is 18.2. The topological polar surface area (TPSA) is 234 Å². The first-order chi connectivity index (χ1) is 55.6. The average molecular weight is 1840 g/mol. The van der Waals surface area contributed by atoms with Crippen molar-refractivity contribution in [3.63, 3.8) is 0 Å². The Morgan fingerprint density at radius 3 is 1.31 bits per heavy atom. The summed E-state index contributed by atoms with van der Waals surface area (Å²) in [5, 5.41) is 30.7. The molecule has 1 N–H and O–H groups in total. The number of hydrogen-bond donors (Lipinski definition) is 1. The molecule has 8 heterocycles. The van der Waals surface area contributed by atoms with E-state index in [-0.39, 0.29) is 137 Å². The quantitative estimate of drug-likeness (QED) is 0.0407. The van der Waals surface area contributed by atoms with Crippen molar-refractivity contribution in [3.8, 4) is 65.0 Å². The maximum atomic E-state index is 12.8. The van der Waals surface area contributed by atoms with Gasteiger partial charge in [0.2, 0.25) is 0 Å². The van der Waals surface area contributed by atoms with E-state index < -0.39 is 8.07 Å². The number of aryl methyl sites for hydroxylation is 4. The number of nitrogens with zero attached hydrogens (tertiary/aromatic N) is 17. The van der Waals surface area contributed by atoms with E-state index in [1.807, 2.05) is 110 Å². The molecule has 14 rings (SSSR count). The fourth-order valence-corrected chi connectivity index (χ4v) is 11.2. The second-order valence-electron chi connectivity index (χ2n) is 26.3. The molecule has 0 unspecified atom stereocenters. The second-order valence-corrected chi connectivity index (χ2v) is 33.6. The Labute approximate surface area is 817 Å². The SMILES string of the molecule is C.C.C#C[Si](C)(C)C.CN1CCN(C(=O)c2ccc(O[B]O)cc2)CC1.Clc1ccc2ncc(Br)n2n1.O=CO[O-].[C-]#[N+]c1ccc(C)c(Br)c1.[C-]#[N+]c1ccc(C)c(C#C)c1.[C-]#[N+]c1ccc(C)c(C#Cc2cnc3ccc(-c4ccc(C(=O)N5CCN(C)CC5)cc4)nn23)c1.[C-]#[N+]c1ccc(C)c(C#Cc2cnc3ccc(Cl)nn23)c1.[H-].[K+].[K+]. The Balaban J connectivity index is 0.000000503. The Morgan fingerprint density at radius 2 is 0.908 bits per heavy atom. The number of terminal acetylenes is 2. The van der Waals surface area contributed by atoms with Crippen LogP contribution < -0.4 is 113 Å². The van der Waals surface area contributed by atoms with Crippen LogP contribution >= 0.6 is 55.1 Å². The third-order valence-electron chi connectivity index (χ3n) is 16.9. The normalized spacial score (nSPS) is 11.4. The van der Waals surface area contributed by atoms with Gasteiger partial charge < -0.3 is 40.8 Å². The molecule has 2 aliphatic heterocycles. The molecule has 12 aromatic rings. The molecule has 0 bridgehead atoms. The first-order valence-corrected chi connectivity index (χ1v) is 41.1. The molecule has 601 valence electrons. The number of carbonyl (C=O) groups is 3. The number of halogens is 4. The molecule has 0 saturated carbocycles. The molecule has 6 aromatic heterocycles. The van der Waals surface area contributed by atoms with Crippen LogP contribution in [0.1, 0.15) is 87.3 Å². The van der Waals surface area contributed by atoms with E-state index in [9.17, 15) is 9.59 Å². The van der Waals surface area contributed by atoms with Crippen LogP contribution in [-0.4, -0.2) is 169 Å². The Morgan fingerprint density at radius 1 is 0.542 bits per heavy atom. The summed E-state index contributed by atoms with van der Waals surface area (Å²) in [4.78, 5) is 70.6. The number of amides is 2. The van der Waals surface area contributed by atoms with E-state index in [2.05, 4.69) is 160 Å². The molecule has 120 heavy (non-hydrogen) atoms. The predicted molar refractivity (Wildman–Crippen MR) is 475 cm³/mol. The number of likely N-dealkylation sites (N-methyl/N-ethyl adjacent to an activating group) is 2. The summed E-state index contributed by atoms with van der Waals surface area (Å²) < 4.78 is 11.6. The molecular formula is C88H85BBr2Cl2K2N17O7Si. The summed E-state index contributed by atoms with van der Waals surface area (Å²) in [6, 6.07) is 47.0. The Bertz CT molecular complexity index is 5880. The largest absolute Gasteiger partial charge is 1.00 e. The van der Waals surface area contributed by atoms with Crippen molar-refractivity contribution in [2.24, 2.45) is 0 Å². The minimum absolute atomic E-state index is 0. The fraction of sp³-hybridized carbons (Fsp3) is 0.216. The van der Waals surface area contributed by atoms with Crippen molar-refractivity contribution in [2.45, 2.75) is 62.2 Å². The van der Waals surface area contributed by atoms with E-state index >= 15 is 0 Å². The number of fused-ring (bicyclic) bond motifs is 3. The summed E-state index contributed by atoms with van der Waals surface area (Å²) in [5.41, 5.74) is 18.3. The molecule has 0 atom stereocenters. The van der Waals surface area contributed by atoms with Crippen LogP contribution in [0.15, 0.2) is 185 Å². The number of piperazine rings is 2. The number of imidazole rings is 3. The number of carbonyl (C=O) groups excluding carboxylic acids is 3. The van der Waals surface area contributed by atoms with Crippen LogP contribution in [0.5, 0.6) is 5.75 Å². The van der Waals surface area contributed by atoms with Crippen molar-refractivity contribution >= 4 is 129 Å². The number of benzene rings is 6. The molecule has 0 spiro atoms. The van der Waals surface area contributed by atoms with Crippen LogP contribution in [-0.2, 0) is 9.68 Å². The van der Waals surface area contributed by atoms with Crippen LogP contribution in [0.3, 0.4) is 0 Å². The third-order valence-corrected chi connectivity index (χ3v) is 19.6. The van der Waals surface area contributed by atoms with Gasteiger partial charge in [-0.2, -0.15) is 15.3 Å². The molecule has 2 amide bonds. The van der Waals surface area contributed by atoms with Gasteiger partial charge in [0.15, 0.2) is 39.7 Å². The zero-order valence-electron chi connectivity index (χ0n) is 67.7. The van der Waals surface area contributed by atoms with E-state index in [0.717, 1.165) is 117 Å². The van der Waals surface area contributed by atoms with Crippen molar-refractivity contribution in [2.75, 3.05) is 66.5 Å². The fourth-order valence-electron chi connectivity index (χ4n) is 10.2. The summed E-state index contributed by atoms with van der Waals surface area (Å²) in [5.74, 6) is 15.5. The Kier molecular flexibility index (Phi) is 46.5. The van der Waals surface area contributed by atoms with Gasteiger partial charge in [-0.1, -0.05) is 152 Å². The van der Waals surface area contributed by atoms with Gasteiger partial charge >= 0.3 is 110 Å². The van der Waals surface area contributed by atoms with Gasteiger partial charge in [-0.05, 0) is 189 Å². The van der Waals surface area contributed by atoms with Crippen LogP contribution in [0.2, 0.25) is 29.9 Å². The van der Waals surface area contributed by atoms with Gasteiger partial charge in [-0.3, -0.25) is 14.4 Å². The molecule has 32 heteroatoms. The van der Waals surface area contributed by atoms with E-state index in [1.54, 1.807) is 117 Å². The first-order valence-electron chi connectivity index (χ1n) is 35.2. The molecule has 2 saturated heterocycles. The van der Waals surface area contributed by atoms with Crippen molar-refractivity contribution < 1.29 is 138 Å². The van der Waals surface area contributed by atoms with Crippen molar-refractivity contribution in [3.05, 3.63) is 303 Å². The molecule has 6 aromatic carbocycles.